The highest BCUT2D eigenvalue weighted by Crippen LogP contribution is 2.20. The zero-order chi connectivity index (χ0) is 8.39. The fourth-order valence-corrected chi connectivity index (χ4v) is 1.94. The molecule has 2 rings (SSSR count). The lowest BCUT2D eigenvalue weighted by molar-refractivity contribution is 0.496. The third-order valence-corrected chi connectivity index (χ3v) is 2.76. The monoisotopic (exact) mass is 197 g/mol. The van der Waals surface area contributed by atoms with Crippen molar-refractivity contribution in [2.75, 3.05) is 7.05 Å². The maximum absolute atomic E-state index is 3.34. The van der Waals surface area contributed by atoms with Crippen LogP contribution in [0, 0.1) is 0 Å². The predicted molar refractivity (Wildman–Crippen MR) is 58.6 cm³/mol. The molecular formula is C11H16ClN. The lowest BCUT2D eigenvalue weighted by Crippen LogP contribution is -2.31. The van der Waals surface area contributed by atoms with Crippen molar-refractivity contribution in [2.24, 2.45) is 0 Å². The van der Waals surface area contributed by atoms with Crippen LogP contribution in [0.5, 0.6) is 0 Å². The molecule has 0 aromatic heterocycles. The molecule has 1 N–H and O–H groups in total. The molecular weight excluding hydrogens is 182 g/mol. The average Bonchev–Trinajstić information content (AvgIpc) is 2.17. The lowest BCUT2D eigenvalue weighted by Gasteiger charge is -2.23. The molecule has 1 aliphatic rings. The minimum absolute atomic E-state index is 0. The maximum Gasteiger partial charge on any atom is 0.0108 e. The van der Waals surface area contributed by atoms with Crippen LogP contribution in [-0.4, -0.2) is 13.1 Å². The standard InChI is InChI=1S/C11H15N.ClH/c1-12-11-7-6-9-4-2-3-5-10(9)8-11;/h2-5,11-12H,6-8H2,1H3;1H. The molecule has 0 fully saturated rings. The lowest BCUT2D eigenvalue weighted by atomic mass is 9.88. The average molecular weight is 198 g/mol. The van der Waals surface area contributed by atoms with E-state index in [1.165, 1.54) is 24.8 Å². The first-order chi connectivity index (χ1) is 5.90. The fourth-order valence-electron chi connectivity index (χ4n) is 1.94. The number of hydrogen-bond donors (Lipinski definition) is 1. The summed E-state index contributed by atoms with van der Waals surface area (Å²) < 4.78 is 0. The molecule has 0 bridgehead atoms. The molecule has 72 valence electrons. The third kappa shape index (κ3) is 2.23. The summed E-state index contributed by atoms with van der Waals surface area (Å²) in [5.41, 5.74) is 3.08. The minimum atomic E-state index is 0. The van der Waals surface area contributed by atoms with E-state index in [1.807, 2.05) is 0 Å². The second kappa shape index (κ2) is 4.64. The Morgan fingerprint density at radius 3 is 2.62 bits per heavy atom. The van der Waals surface area contributed by atoms with Crippen LogP contribution in [0.15, 0.2) is 24.3 Å². The zero-order valence-corrected chi connectivity index (χ0v) is 8.73. The second-order valence-corrected chi connectivity index (χ2v) is 3.50. The molecule has 1 nitrogen and oxygen atoms in total. The summed E-state index contributed by atoms with van der Waals surface area (Å²) in [5, 5.41) is 3.34. The van der Waals surface area contributed by atoms with Gasteiger partial charge in [0.25, 0.3) is 0 Å². The van der Waals surface area contributed by atoms with Gasteiger partial charge in [-0.3, -0.25) is 0 Å². The quantitative estimate of drug-likeness (QED) is 0.728. The maximum atomic E-state index is 3.34. The molecule has 13 heavy (non-hydrogen) atoms. The Labute approximate surface area is 86.0 Å². The normalized spacial score (nSPS) is 20.2. The van der Waals surface area contributed by atoms with Crippen molar-refractivity contribution in [3.8, 4) is 0 Å². The smallest absolute Gasteiger partial charge is 0.0108 e. The van der Waals surface area contributed by atoms with Gasteiger partial charge in [0, 0.05) is 6.04 Å². The van der Waals surface area contributed by atoms with Crippen LogP contribution < -0.4 is 5.32 Å². The molecule has 1 aromatic carbocycles. The molecule has 0 radical (unpaired) electrons. The van der Waals surface area contributed by atoms with E-state index in [2.05, 4.69) is 36.6 Å². The molecule has 0 saturated heterocycles. The van der Waals surface area contributed by atoms with Crippen molar-refractivity contribution < 1.29 is 0 Å². The zero-order valence-electron chi connectivity index (χ0n) is 7.92. The highest BCUT2D eigenvalue weighted by Gasteiger charge is 2.15. The molecule has 2 heteroatoms. The van der Waals surface area contributed by atoms with Gasteiger partial charge in [-0.15, -0.1) is 12.4 Å². The van der Waals surface area contributed by atoms with Gasteiger partial charge in [-0.1, -0.05) is 24.3 Å². The van der Waals surface area contributed by atoms with Gasteiger partial charge in [0.15, 0.2) is 0 Å². The molecule has 1 atom stereocenters. The number of rotatable bonds is 1. The van der Waals surface area contributed by atoms with Gasteiger partial charge < -0.3 is 5.32 Å². The van der Waals surface area contributed by atoms with Crippen molar-refractivity contribution >= 4 is 12.4 Å². The van der Waals surface area contributed by atoms with Crippen LogP contribution in [0.3, 0.4) is 0 Å². The van der Waals surface area contributed by atoms with E-state index in [9.17, 15) is 0 Å². The highest BCUT2D eigenvalue weighted by molar-refractivity contribution is 5.85. The van der Waals surface area contributed by atoms with Crippen LogP contribution in [0.4, 0.5) is 0 Å². The van der Waals surface area contributed by atoms with E-state index in [-0.39, 0.29) is 12.4 Å². The molecule has 0 amide bonds. The Kier molecular flexibility index (Phi) is 3.76. The molecule has 0 aliphatic heterocycles. The summed E-state index contributed by atoms with van der Waals surface area (Å²) in [4.78, 5) is 0. The summed E-state index contributed by atoms with van der Waals surface area (Å²) >= 11 is 0. The van der Waals surface area contributed by atoms with Gasteiger partial charge in [0.2, 0.25) is 0 Å². The van der Waals surface area contributed by atoms with Crippen molar-refractivity contribution in [2.45, 2.75) is 25.3 Å². The topological polar surface area (TPSA) is 12.0 Å². The van der Waals surface area contributed by atoms with Crippen molar-refractivity contribution in [1.29, 1.82) is 0 Å². The fraction of sp³-hybridized carbons (Fsp3) is 0.455. The number of nitrogens with one attached hydrogen (secondary N) is 1. The Hall–Kier alpha value is -0.530. The first-order valence-corrected chi connectivity index (χ1v) is 4.64. The van der Waals surface area contributed by atoms with Crippen LogP contribution >= 0.6 is 12.4 Å². The SMILES string of the molecule is CNC1CCc2ccccc2C1.Cl. The summed E-state index contributed by atoms with van der Waals surface area (Å²) in [5.74, 6) is 0. The van der Waals surface area contributed by atoms with Crippen molar-refractivity contribution in [3.63, 3.8) is 0 Å². The minimum Gasteiger partial charge on any atom is -0.317 e. The Bertz CT molecular complexity index is 273. The molecule has 1 unspecified atom stereocenters. The summed E-state index contributed by atoms with van der Waals surface area (Å²) in [6, 6.07) is 9.47. The number of halogens is 1. The summed E-state index contributed by atoms with van der Waals surface area (Å²) in [7, 11) is 2.05. The number of benzene rings is 1. The van der Waals surface area contributed by atoms with Crippen LogP contribution in [0.1, 0.15) is 17.5 Å². The second-order valence-electron chi connectivity index (χ2n) is 3.50. The molecule has 0 spiro atoms. The van der Waals surface area contributed by atoms with Crippen molar-refractivity contribution in [3.05, 3.63) is 35.4 Å². The van der Waals surface area contributed by atoms with E-state index < -0.39 is 0 Å². The van der Waals surface area contributed by atoms with E-state index in [0.717, 1.165) is 0 Å². The summed E-state index contributed by atoms with van der Waals surface area (Å²) in [6.45, 7) is 0. The molecule has 1 aromatic rings. The Balaban J connectivity index is 0.000000845. The van der Waals surface area contributed by atoms with Crippen LogP contribution in [0.25, 0.3) is 0 Å². The van der Waals surface area contributed by atoms with E-state index in [4.69, 9.17) is 0 Å². The van der Waals surface area contributed by atoms with Crippen molar-refractivity contribution in [1.82, 2.24) is 5.32 Å². The Morgan fingerprint density at radius 1 is 1.23 bits per heavy atom. The van der Waals surface area contributed by atoms with E-state index >= 15 is 0 Å². The number of aryl methyl sites for hydroxylation is 1. The summed E-state index contributed by atoms with van der Waals surface area (Å²) in [6.07, 6.45) is 3.72. The first-order valence-electron chi connectivity index (χ1n) is 4.64. The molecule has 0 heterocycles. The first kappa shape index (κ1) is 10.6. The Morgan fingerprint density at radius 2 is 1.92 bits per heavy atom. The van der Waals surface area contributed by atoms with Gasteiger partial charge in [0.05, 0.1) is 0 Å². The number of likely N-dealkylation sites (N-methyl/N-ethyl adjacent to an activating group) is 1. The van der Waals surface area contributed by atoms with Gasteiger partial charge in [-0.05, 0) is 37.4 Å². The van der Waals surface area contributed by atoms with Crippen LogP contribution in [0.2, 0.25) is 0 Å². The van der Waals surface area contributed by atoms with E-state index in [1.54, 1.807) is 5.56 Å². The van der Waals surface area contributed by atoms with Gasteiger partial charge in [-0.2, -0.15) is 0 Å². The van der Waals surface area contributed by atoms with E-state index in [0.29, 0.717) is 6.04 Å². The van der Waals surface area contributed by atoms with Gasteiger partial charge >= 0.3 is 0 Å². The largest absolute Gasteiger partial charge is 0.317 e. The number of hydrogen-bond acceptors (Lipinski definition) is 1. The van der Waals surface area contributed by atoms with Crippen LogP contribution in [-0.2, 0) is 12.8 Å². The van der Waals surface area contributed by atoms with Gasteiger partial charge in [0.1, 0.15) is 0 Å². The third-order valence-electron chi connectivity index (χ3n) is 2.76. The highest BCUT2D eigenvalue weighted by atomic mass is 35.5. The number of fused-ring (bicyclic) bond motifs is 1. The predicted octanol–water partition coefficient (Wildman–Crippen LogP) is 2.19. The molecule has 1 aliphatic carbocycles. The van der Waals surface area contributed by atoms with Gasteiger partial charge in [-0.25, -0.2) is 0 Å². The molecule has 0 saturated carbocycles.